The predicted molar refractivity (Wildman–Crippen MR) is 222 cm³/mol. The van der Waals surface area contributed by atoms with Crippen molar-refractivity contribution >= 4 is 27.3 Å². The Balaban J connectivity index is 0.000000330. The molecule has 295 valence electrons. The minimum Gasteiger partial charge on any atom is -0.512 e. The van der Waals surface area contributed by atoms with Crippen LogP contribution >= 0.6 is 0 Å². The van der Waals surface area contributed by atoms with E-state index in [0.29, 0.717) is 11.1 Å². The summed E-state index contributed by atoms with van der Waals surface area (Å²) in [7, 11) is 0. The van der Waals surface area contributed by atoms with Crippen LogP contribution < -0.4 is 0 Å². The van der Waals surface area contributed by atoms with Gasteiger partial charge in [-0.2, -0.15) is 13.2 Å². The van der Waals surface area contributed by atoms with E-state index < -0.39 is 11.7 Å². The van der Waals surface area contributed by atoms with Crippen molar-refractivity contribution in [1.82, 2.24) is 4.98 Å². The molecule has 0 spiro atoms. The Morgan fingerprint density at radius 3 is 1.93 bits per heavy atom. The molecule has 0 bridgehead atoms. The van der Waals surface area contributed by atoms with Gasteiger partial charge in [0.05, 0.1) is 5.56 Å². The summed E-state index contributed by atoms with van der Waals surface area (Å²) in [5, 5.41) is 13.1. The Kier molecular flexibility index (Phi) is 14.3. The zero-order valence-electron chi connectivity index (χ0n) is 33.5. The fourth-order valence-electron chi connectivity index (χ4n) is 7.00. The SMILES string of the molecule is CCC(C)(CC)C(=O)/C=C(\O)C(C)(CC)CC.Cc1[c-]c(-c2nccc3cc(-c4ccccc4-c4ccccc4)c4cc(C(F)(F)F)ccc4c23)cc(C)c1.[Ir]. The van der Waals surface area contributed by atoms with Gasteiger partial charge in [0.2, 0.25) is 0 Å². The number of nitrogens with zero attached hydrogens (tertiary/aromatic N) is 1. The van der Waals surface area contributed by atoms with Crippen LogP contribution in [0.25, 0.3) is 55.1 Å². The molecule has 0 atom stereocenters. The number of hydrogen-bond donors (Lipinski definition) is 1. The summed E-state index contributed by atoms with van der Waals surface area (Å²) in [5.41, 5.74) is 5.91. The van der Waals surface area contributed by atoms with Gasteiger partial charge >= 0.3 is 6.18 Å². The summed E-state index contributed by atoms with van der Waals surface area (Å²) in [6.45, 7) is 16.1. The van der Waals surface area contributed by atoms with Crippen molar-refractivity contribution in [1.29, 1.82) is 0 Å². The van der Waals surface area contributed by atoms with Gasteiger partial charge in [-0.25, -0.2) is 0 Å². The quantitative estimate of drug-likeness (QED) is 0.0644. The van der Waals surface area contributed by atoms with Gasteiger partial charge in [0, 0.05) is 43.2 Å². The van der Waals surface area contributed by atoms with E-state index in [1.54, 1.807) is 12.3 Å². The van der Waals surface area contributed by atoms with Crippen LogP contribution in [0.4, 0.5) is 13.2 Å². The Bertz CT molecular complexity index is 2320. The normalized spacial score (nSPS) is 12.2. The van der Waals surface area contributed by atoms with Gasteiger partial charge in [-0.3, -0.25) is 4.79 Å². The van der Waals surface area contributed by atoms with Crippen molar-refractivity contribution in [3.05, 3.63) is 138 Å². The number of hydrogen-bond acceptors (Lipinski definition) is 3. The molecule has 1 aromatic heterocycles. The van der Waals surface area contributed by atoms with E-state index in [9.17, 15) is 23.1 Å². The first-order chi connectivity index (χ1) is 26.1. The third-order valence-corrected chi connectivity index (χ3v) is 11.5. The molecule has 0 aliphatic carbocycles. The summed E-state index contributed by atoms with van der Waals surface area (Å²) >= 11 is 0. The van der Waals surface area contributed by atoms with Crippen LogP contribution in [0.15, 0.2) is 115 Å². The molecular formula is C49H51F3IrNO2-. The van der Waals surface area contributed by atoms with Gasteiger partial charge < -0.3 is 10.1 Å². The molecule has 56 heavy (non-hydrogen) atoms. The number of carbonyl (C=O) groups is 1. The Labute approximate surface area is 343 Å². The molecule has 0 unspecified atom stereocenters. The first kappa shape index (κ1) is 44.1. The average molecular weight is 935 g/mol. The second kappa shape index (κ2) is 18.1. The first-order valence-corrected chi connectivity index (χ1v) is 19.1. The van der Waals surface area contributed by atoms with Crippen molar-refractivity contribution < 1.29 is 43.2 Å². The minimum atomic E-state index is -4.46. The van der Waals surface area contributed by atoms with Crippen LogP contribution in [-0.4, -0.2) is 15.9 Å². The third-order valence-electron chi connectivity index (χ3n) is 11.5. The van der Waals surface area contributed by atoms with Gasteiger partial charge in [0.15, 0.2) is 5.78 Å². The number of pyridine rings is 1. The maximum atomic E-state index is 13.9. The van der Waals surface area contributed by atoms with E-state index in [2.05, 4.69) is 6.07 Å². The van der Waals surface area contributed by atoms with Crippen LogP contribution in [0, 0.1) is 30.7 Å². The molecule has 6 aromatic rings. The standard InChI is InChI=1S/C34H23F3N.C15H28O2.Ir/c1-21-16-22(2)18-25(17-21)33-32-24(14-15-38-33)19-30(31-20-26(34(35,36)37)12-13-29(31)32)28-11-7-6-10-27(28)23-8-4-3-5-9-23;1-7-14(5,8-2)12(16)11-13(17)15(6,9-3)10-4;/h3-17,19-20H,1-2H3;11,16H,7-10H2,1-6H3;/q-1;;/b;12-11-;. The van der Waals surface area contributed by atoms with Crippen LogP contribution in [0.3, 0.4) is 0 Å². The summed E-state index contributed by atoms with van der Waals surface area (Å²) < 4.78 is 41.8. The molecule has 0 saturated carbocycles. The Hall–Kier alpha value is -4.58. The van der Waals surface area contributed by atoms with E-state index in [4.69, 9.17) is 4.98 Å². The van der Waals surface area contributed by atoms with E-state index in [1.807, 2.05) is 134 Å². The Morgan fingerprint density at radius 1 is 0.732 bits per heavy atom. The van der Waals surface area contributed by atoms with Crippen LogP contribution in [0.2, 0.25) is 0 Å². The van der Waals surface area contributed by atoms with Crippen molar-refractivity contribution in [3.63, 3.8) is 0 Å². The summed E-state index contributed by atoms with van der Waals surface area (Å²) in [6.07, 6.45) is 2.05. The molecular weight excluding hydrogens is 884 g/mol. The summed E-state index contributed by atoms with van der Waals surface area (Å²) in [4.78, 5) is 16.9. The molecule has 1 heterocycles. The summed E-state index contributed by atoms with van der Waals surface area (Å²) in [5.74, 6) is 0.286. The average Bonchev–Trinajstić information content (AvgIpc) is 3.19. The number of carbonyl (C=O) groups excluding carboxylic acids is 1. The summed E-state index contributed by atoms with van der Waals surface area (Å²) in [6, 6.07) is 33.2. The molecule has 3 nitrogen and oxygen atoms in total. The fourth-order valence-corrected chi connectivity index (χ4v) is 7.00. The number of halogens is 3. The van der Waals surface area contributed by atoms with E-state index in [-0.39, 0.29) is 42.5 Å². The van der Waals surface area contributed by atoms with Crippen LogP contribution in [0.1, 0.15) is 83.9 Å². The molecule has 0 aliphatic rings. The zero-order chi connectivity index (χ0) is 40.1. The topological polar surface area (TPSA) is 50.2 Å². The molecule has 0 amide bonds. The van der Waals surface area contributed by atoms with Gasteiger partial charge in [0.1, 0.15) is 5.76 Å². The van der Waals surface area contributed by atoms with E-state index in [0.717, 1.165) is 86.9 Å². The molecule has 0 aliphatic heterocycles. The zero-order valence-corrected chi connectivity index (χ0v) is 35.9. The number of allylic oxidation sites excluding steroid dienone is 2. The maximum Gasteiger partial charge on any atom is 0.416 e. The number of ketones is 1. The van der Waals surface area contributed by atoms with Crippen molar-refractivity contribution in [2.75, 3.05) is 0 Å². The van der Waals surface area contributed by atoms with Crippen molar-refractivity contribution in [2.45, 2.75) is 87.2 Å². The van der Waals surface area contributed by atoms with Crippen molar-refractivity contribution in [3.8, 4) is 33.5 Å². The van der Waals surface area contributed by atoms with Gasteiger partial charge in [-0.15, -0.1) is 34.9 Å². The number of aliphatic hydroxyl groups is 1. The number of alkyl halides is 3. The van der Waals surface area contributed by atoms with Gasteiger partial charge in [-0.1, -0.05) is 116 Å². The predicted octanol–water partition coefficient (Wildman–Crippen LogP) is 14.5. The number of rotatable bonds is 10. The van der Waals surface area contributed by atoms with Crippen molar-refractivity contribution in [2.24, 2.45) is 10.8 Å². The second-order valence-electron chi connectivity index (χ2n) is 15.0. The van der Waals surface area contributed by atoms with Gasteiger partial charge in [0.25, 0.3) is 0 Å². The largest absolute Gasteiger partial charge is 0.512 e. The molecule has 1 N–H and O–H groups in total. The van der Waals surface area contributed by atoms with Crippen LogP contribution in [-0.2, 0) is 31.1 Å². The van der Waals surface area contributed by atoms with E-state index in [1.165, 1.54) is 12.1 Å². The molecule has 0 saturated heterocycles. The number of fused-ring (bicyclic) bond motifs is 3. The third kappa shape index (κ3) is 9.33. The smallest absolute Gasteiger partial charge is 0.416 e. The molecule has 0 fully saturated rings. The molecule has 1 radical (unpaired) electrons. The molecule has 5 aromatic carbocycles. The number of aryl methyl sites for hydroxylation is 2. The molecule has 6 rings (SSSR count). The minimum absolute atomic E-state index is 0. The van der Waals surface area contributed by atoms with Crippen LogP contribution in [0.5, 0.6) is 0 Å². The monoisotopic (exact) mass is 935 g/mol. The number of aromatic nitrogens is 1. The maximum absolute atomic E-state index is 13.9. The number of benzene rings is 5. The number of aliphatic hydroxyl groups excluding tert-OH is 1. The Morgan fingerprint density at radius 2 is 1.34 bits per heavy atom. The fraction of sp³-hybridized carbons (Fsp3) is 0.306. The van der Waals surface area contributed by atoms with E-state index >= 15 is 0 Å². The first-order valence-electron chi connectivity index (χ1n) is 19.1. The second-order valence-corrected chi connectivity index (χ2v) is 15.0. The van der Waals surface area contributed by atoms with Gasteiger partial charge in [-0.05, 0) is 99.4 Å². The molecule has 7 heteroatoms.